The Kier molecular flexibility index (Phi) is 4.94. The fourth-order valence-electron chi connectivity index (χ4n) is 2.53. The highest BCUT2D eigenvalue weighted by Crippen LogP contribution is 2.20. The van der Waals surface area contributed by atoms with Crippen LogP contribution in [0.1, 0.15) is 29.4 Å². The summed E-state index contributed by atoms with van der Waals surface area (Å²) in [7, 11) is -3.59. The predicted octanol–water partition coefficient (Wildman–Crippen LogP) is 3.15. The fourth-order valence-corrected chi connectivity index (χ4v) is 3.64. The number of pyridine rings is 2. The van der Waals surface area contributed by atoms with Gasteiger partial charge in [-0.3, -0.25) is 19.5 Å². The van der Waals surface area contributed by atoms with Gasteiger partial charge < -0.3 is 0 Å². The molecule has 0 aliphatic heterocycles. The van der Waals surface area contributed by atoms with Gasteiger partial charge in [-0.15, -0.1) is 0 Å². The number of carbonyl (C=O) groups excluding carboxylic acids is 1. The van der Waals surface area contributed by atoms with Gasteiger partial charge in [0.15, 0.2) is 0 Å². The third-order valence-electron chi connectivity index (χ3n) is 3.63. The molecule has 26 heavy (non-hydrogen) atoms. The number of carbonyl (C=O) groups is 1. The Hall–Kier alpha value is -2.87. The molecule has 3 aromatic rings. The van der Waals surface area contributed by atoms with Crippen LogP contribution >= 0.6 is 0 Å². The second kappa shape index (κ2) is 7.17. The van der Waals surface area contributed by atoms with Crippen molar-refractivity contribution in [3.05, 3.63) is 65.9 Å². The SMILES string of the molecule is CCCS(=O)(=O)Nc1cc(F)cc(C(=O)c2cc3cccnc3cn2)c1. The van der Waals surface area contributed by atoms with Crippen molar-refractivity contribution in [2.75, 3.05) is 10.5 Å². The minimum absolute atomic E-state index is 0.00394. The molecule has 2 aromatic heterocycles. The average molecular weight is 373 g/mol. The Bertz CT molecular complexity index is 1080. The molecule has 0 aliphatic carbocycles. The van der Waals surface area contributed by atoms with Gasteiger partial charge in [0.25, 0.3) is 0 Å². The summed E-state index contributed by atoms with van der Waals surface area (Å²) in [5.41, 5.74) is 0.772. The summed E-state index contributed by atoms with van der Waals surface area (Å²) in [6.07, 6.45) is 3.50. The van der Waals surface area contributed by atoms with Crippen molar-refractivity contribution in [2.45, 2.75) is 13.3 Å². The van der Waals surface area contributed by atoms with Gasteiger partial charge in [0.1, 0.15) is 11.5 Å². The number of hydrogen-bond acceptors (Lipinski definition) is 5. The van der Waals surface area contributed by atoms with Gasteiger partial charge in [-0.05, 0) is 36.8 Å². The van der Waals surface area contributed by atoms with E-state index in [-0.39, 0.29) is 22.7 Å². The van der Waals surface area contributed by atoms with Crippen molar-refractivity contribution in [3.63, 3.8) is 0 Å². The van der Waals surface area contributed by atoms with Gasteiger partial charge in [0.05, 0.1) is 23.2 Å². The van der Waals surface area contributed by atoms with E-state index in [4.69, 9.17) is 0 Å². The van der Waals surface area contributed by atoms with Gasteiger partial charge in [-0.1, -0.05) is 13.0 Å². The normalized spacial score (nSPS) is 11.5. The Morgan fingerprint density at radius 1 is 1.19 bits per heavy atom. The summed E-state index contributed by atoms with van der Waals surface area (Å²) in [5, 5.41) is 0.728. The smallest absolute Gasteiger partial charge is 0.232 e. The summed E-state index contributed by atoms with van der Waals surface area (Å²) >= 11 is 0. The third-order valence-corrected chi connectivity index (χ3v) is 5.12. The van der Waals surface area contributed by atoms with Crippen LogP contribution in [-0.4, -0.2) is 29.9 Å². The molecule has 0 fully saturated rings. The van der Waals surface area contributed by atoms with Crippen LogP contribution < -0.4 is 4.72 Å². The van der Waals surface area contributed by atoms with Crippen molar-refractivity contribution < 1.29 is 17.6 Å². The van der Waals surface area contributed by atoms with Crippen LogP contribution in [0.4, 0.5) is 10.1 Å². The molecule has 0 atom stereocenters. The van der Waals surface area contributed by atoms with E-state index in [9.17, 15) is 17.6 Å². The van der Waals surface area contributed by atoms with E-state index >= 15 is 0 Å². The largest absolute Gasteiger partial charge is 0.287 e. The van der Waals surface area contributed by atoms with E-state index in [0.717, 1.165) is 17.5 Å². The average Bonchev–Trinajstić information content (AvgIpc) is 2.59. The van der Waals surface area contributed by atoms with Crippen molar-refractivity contribution in [1.82, 2.24) is 9.97 Å². The summed E-state index contributed by atoms with van der Waals surface area (Å²) in [4.78, 5) is 20.9. The summed E-state index contributed by atoms with van der Waals surface area (Å²) in [5.74, 6) is -1.31. The predicted molar refractivity (Wildman–Crippen MR) is 97.1 cm³/mol. The lowest BCUT2D eigenvalue weighted by Gasteiger charge is -2.09. The highest BCUT2D eigenvalue weighted by molar-refractivity contribution is 7.92. The summed E-state index contributed by atoms with van der Waals surface area (Å²) in [6, 6.07) is 8.47. The first-order valence-electron chi connectivity index (χ1n) is 7.94. The van der Waals surface area contributed by atoms with Crippen LogP contribution in [0.25, 0.3) is 10.9 Å². The number of sulfonamides is 1. The molecule has 134 valence electrons. The Labute approximate surface area is 150 Å². The quantitative estimate of drug-likeness (QED) is 0.671. The molecule has 0 saturated carbocycles. The number of anilines is 1. The van der Waals surface area contributed by atoms with Crippen molar-refractivity contribution in [2.24, 2.45) is 0 Å². The first-order chi connectivity index (χ1) is 12.4. The molecule has 2 heterocycles. The molecule has 0 amide bonds. The van der Waals surface area contributed by atoms with E-state index in [1.165, 1.54) is 12.3 Å². The van der Waals surface area contributed by atoms with E-state index in [2.05, 4.69) is 14.7 Å². The van der Waals surface area contributed by atoms with Crippen LogP contribution in [0.3, 0.4) is 0 Å². The molecular weight excluding hydrogens is 357 g/mol. The lowest BCUT2D eigenvalue weighted by Crippen LogP contribution is -2.16. The van der Waals surface area contributed by atoms with Gasteiger partial charge in [0.2, 0.25) is 15.8 Å². The standard InChI is InChI=1S/C18H16FN3O3S/c1-2-6-26(24,25)22-15-8-13(7-14(19)10-15)18(23)16-9-12-4-3-5-20-17(12)11-21-16/h3-5,7-11,22H,2,6H2,1H3. The maximum atomic E-state index is 13.9. The molecule has 0 unspecified atom stereocenters. The van der Waals surface area contributed by atoms with E-state index < -0.39 is 21.6 Å². The van der Waals surface area contributed by atoms with E-state index in [1.54, 1.807) is 31.3 Å². The first kappa shape index (κ1) is 17.9. The van der Waals surface area contributed by atoms with Crippen LogP contribution in [0.2, 0.25) is 0 Å². The molecule has 0 aliphatic rings. The highest BCUT2D eigenvalue weighted by atomic mass is 32.2. The number of fused-ring (bicyclic) bond motifs is 1. The van der Waals surface area contributed by atoms with Gasteiger partial charge >= 0.3 is 0 Å². The zero-order valence-electron chi connectivity index (χ0n) is 13.9. The molecular formula is C18H16FN3O3S. The minimum atomic E-state index is -3.59. The van der Waals surface area contributed by atoms with Crippen LogP contribution in [0.15, 0.2) is 48.8 Å². The van der Waals surface area contributed by atoms with Crippen molar-refractivity contribution in [1.29, 1.82) is 0 Å². The maximum absolute atomic E-state index is 13.9. The first-order valence-corrected chi connectivity index (χ1v) is 9.60. The number of nitrogens with zero attached hydrogens (tertiary/aromatic N) is 2. The molecule has 0 spiro atoms. The Morgan fingerprint density at radius 2 is 2.00 bits per heavy atom. The number of halogens is 1. The number of nitrogens with one attached hydrogen (secondary N) is 1. The zero-order valence-corrected chi connectivity index (χ0v) is 14.8. The van der Waals surface area contributed by atoms with Gasteiger partial charge in [0, 0.05) is 17.1 Å². The van der Waals surface area contributed by atoms with Crippen molar-refractivity contribution >= 4 is 32.4 Å². The fraction of sp³-hybridized carbons (Fsp3) is 0.167. The topological polar surface area (TPSA) is 89.0 Å². The molecule has 1 aromatic carbocycles. The molecule has 3 rings (SSSR count). The van der Waals surface area contributed by atoms with Crippen LogP contribution in [0.5, 0.6) is 0 Å². The van der Waals surface area contributed by atoms with E-state index in [0.29, 0.717) is 11.9 Å². The number of ketones is 1. The number of benzene rings is 1. The van der Waals surface area contributed by atoms with E-state index in [1.807, 2.05) is 0 Å². The second-order valence-electron chi connectivity index (χ2n) is 5.74. The second-order valence-corrected chi connectivity index (χ2v) is 7.59. The summed E-state index contributed by atoms with van der Waals surface area (Å²) < 4.78 is 39.9. The molecule has 1 N–H and O–H groups in total. The lowest BCUT2D eigenvalue weighted by atomic mass is 10.1. The van der Waals surface area contributed by atoms with Gasteiger partial charge in [-0.2, -0.15) is 0 Å². The zero-order chi connectivity index (χ0) is 18.7. The molecule has 0 bridgehead atoms. The molecule has 0 saturated heterocycles. The lowest BCUT2D eigenvalue weighted by molar-refractivity contribution is 0.103. The number of hydrogen-bond donors (Lipinski definition) is 1. The number of aromatic nitrogens is 2. The molecule has 0 radical (unpaired) electrons. The summed E-state index contributed by atoms with van der Waals surface area (Å²) in [6.45, 7) is 1.72. The Balaban J connectivity index is 1.96. The minimum Gasteiger partial charge on any atom is -0.287 e. The highest BCUT2D eigenvalue weighted by Gasteiger charge is 2.16. The van der Waals surface area contributed by atoms with Gasteiger partial charge in [-0.25, -0.2) is 12.8 Å². The Morgan fingerprint density at radius 3 is 2.77 bits per heavy atom. The monoisotopic (exact) mass is 373 g/mol. The van der Waals surface area contributed by atoms with Crippen LogP contribution in [-0.2, 0) is 10.0 Å². The van der Waals surface area contributed by atoms with Crippen molar-refractivity contribution in [3.8, 4) is 0 Å². The maximum Gasteiger partial charge on any atom is 0.232 e. The third kappa shape index (κ3) is 4.02. The molecule has 6 nitrogen and oxygen atoms in total. The molecule has 8 heteroatoms. The van der Waals surface area contributed by atoms with Crippen LogP contribution in [0, 0.1) is 5.82 Å². The number of rotatable bonds is 6.